The lowest BCUT2D eigenvalue weighted by Gasteiger charge is -2.29. The first-order valence-corrected chi connectivity index (χ1v) is 8.31. The van der Waals surface area contributed by atoms with Crippen LogP contribution in [0.25, 0.3) is 0 Å². The van der Waals surface area contributed by atoms with Gasteiger partial charge in [0, 0.05) is 22.2 Å². The van der Waals surface area contributed by atoms with Crippen LogP contribution >= 0.6 is 11.6 Å². The number of hydrogen-bond donors (Lipinski definition) is 3. The quantitative estimate of drug-likeness (QED) is 0.784. The minimum absolute atomic E-state index is 0.0272. The Kier molecular flexibility index (Phi) is 3.92. The number of carbonyl (C=O) groups is 1. The Bertz CT molecular complexity index is 796. The van der Waals surface area contributed by atoms with E-state index in [4.69, 9.17) is 16.3 Å². The van der Waals surface area contributed by atoms with E-state index in [0.29, 0.717) is 11.6 Å². The molecule has 124 valence electrons. The fourth-order valence-corrected chi connectivity index (χ4v) is 3.51. The van der Waals surface area contributed by atoms with E-state index < -0.39 is 0 Å². The van der Waals surface area contributed by atoms with E-state index in [9.17, 15) is 4.79 Å². The van der Waals surface area contributed by atoms with Crippen LogP contribution in [0.1, 0.15) is 17.2 Å². The van der Waals surface area contributed by atoms with Crippen LogP contribution in [0.15, 0.2) is 42.5 Å². The molecule has 1 saturated heterocycles. The van der Waals surface area contributed by atoms with Crippen molar-refractivity contribution in [1.29, 1.82) is 0 Å². The molecule has 3 N–H and O–H groups in total. The summed E-state index contributed by atoms with van der Waals surface area (Å²) in [5, 5.41) is 3.57. The zero-order valence-corrected chi connectivity index (χ0v) is 13.9. The molecule has 6 heteroatoms. The Labute approximate surface area is 145 Å². The van der Waals surface area contributed by atoms with Crippen molar-refractivity contribution in [3.63, 3.8) is 0 Å². The number of nitrogens with one attached hydrogen (secondary N) is 3. The number of rotatable bonds is 2. The van der Waals surface area contributed by atoms with Gasteiger partial charge in [-0.15, -0.1) is 0 Å². The van der Waals surface area contributed by atoms with Crippen molar-refractivity contribution in [2.24, 2.45) is 5.92 Å². The summed E-state index contributed by atoms with van der Waals surface area (Å²) < 4.78 is 5.83. The van der Waals surface area contributed by atoms with E-state index in [-0.39, 0.29) is 23.9 Å². The Morgan fingerprint density at radius 3 is 2.96 bits per heavy atom. The maximum absolute atomic E-state index is 12.7. The maximum Gasteiger partial charge on any atom is 0.243 e. The smallest absolute Gasteiger partial charge is 0.243 e. The summed E-state index contributed by atoms with van der Waals surface area (Å²) >= 11 is 6.03. The predicted octanol–water partition coefficient (Wildman–Crippen LogP) is 2.81. The van der Waals surface area contributed by atoms with Gasteiger partial charge in [-0.2, -0.15) is 0 Å². The molecule has 0 aromatic heterocycles. The lowest BCUT2D eigenvalue weighted by atomic mass is 9.87. The van der Waals surface area contributed by atoms with E-state index in [0.717, 1.165) is 22.6 Å². The zero-order chi connectivity index (χ0) is 16.7. The molecule has 2 heterocycles. The molecule has 0 aliphatic carbocycles. The fraction of sp³-hybridized carbons (Fsp3) is 0.278. The number of para-hydroxylation sites is 1. The molecule has 1 amide bonds. The van der Waals surface area contributed by atoms with Crippen LogP contribution in [0, 0.1) is 12.8 Å². The molecule has 5 nitrogen and oxygen atoms in total. The molecule has 4 rings (SSSR count). The van der Waals surface area contributed by atoms with Crippen LogP contribution in [-0.2, 0) is 4.79 Å². The van der Waals surface area contributed by atoms with Gasteiger partial charge in [0.25, 0.3) is 0 Å². The summed E-state index contributed by atoms with van der Waals surface area (Å²) in [4.78, 5) is 12.7. The lowest BCUT2D eigenvalue weighted by molar-refractivity contribution is -0.119. The topological polar surface area (TPSA) is 62.4 Å². The standard InChI is InChI=1S/C18H18ClN3O2/c1-10-6-7-11(19)8-14(10)20-18(23)17-13-9-24-15-5-3-2-4-12(15)16(13)21-22-17/h2-8,13,16-17,21-22H,9H2,1H3,(H,20,23). The van der Waals surface area contributed by atoms with E-state index in [1.165, 1.54) is 0 Å². The third kappa shape index (κ3) is 2.65. The molecular formula is C18H18ClN3O2. The summed E-state index contributed by atoms with van der Waals surface area (Å²) in [6.07, 6.45) is 0. The average Bonchev–Trinajstić information content (AvgIpc) is 3.03. The summed E-state index contributed by atoms with van der Waals surface area (Å²) in [5.74, 6) is 0.808. The molecule has 3 atom stereocenters. The van der Waals surface area contributed by atoms with E-state index in [1.54, 1.807) is 6.07 Å². The molecule has 1 fully saturated rings. The highest BCUT2D eigenvalue weighted by molar-refractivity contribution is 6.31. The van der Waals surface area contributed by atoms with Gasteiger partial charge in [-0.1, -0.05) is 35.9 Å². The van der Waals surface area contributed by atoms with Crippen molar-refractivity contribution < 1.29 is 9.53 Å². The highest BCUT2D eigenvalue weighted by Gasteiger charge is 2.44. The van der Waals surface area contributed by atoms with Crippen LogP contribution in [0.4, 0.5) is 5.69 Å². The van der Waals surface area contributed by atoms with Gasteiger partial charge in [-0.25, -0.2) is 10.9 Å². The first-order valence-electron chi connectivity index (χ1n) is 7.93. The number of aryl methyl sites for hydroxylation is 1. The second-order valence-corrected chi connectivity index (χ2v) is 6.64. The monoisotopic (exact) mass is 343 g/mol. The van der Waals surface area contributed by atoms with Crippen molar-refractivity contribution in [2.75, 3.05) is 11.9 Å². The van der Waals surface area contributed by atoms with Crippen molar-refractivity contribution in [2.45, 2.75) is 19.0 Å². The molecule has 0 spiro atoms. The Balaban J connectivity index is 1.54. The Morgan fingerprint density at radius 1 is 1.25 bits per heavy atom. The minimum Gasteiger partial charge on any atom is -0.493 e. The molecule has 0 bridgehead atoms. The van der Waals surface area contributed by atoms with Gasteiger partial charge in [0.05, 0.1) is 12.6 Å². The molecule has 2 aromatic rings. The largest absolute Gasteiger partial charge is 0.493 e. The highest BCUT2D eigenvalue weighted by atomic mass is 35.5. The van der Waals surface area contributed by atoms with Gasteiger partial charge in [0.15, 0.2) is 0 Å². The summed E-state index contributed by atoms with van der Waals surface area (Å²) in [6.45, 7) is 2.43. The third-order valence-electron chi connectivity index (χ3n) is 4.68. The van der Waals surface area contributed by atoms with E-state index >= 15 is 0 Å². The summed E-state index contributed by atoms with van der Waals surface area (Å²) in [6, 6.07) is 13.1. The van der Waals surface area contributed by atoms with Gasteiger partial charge >= 0.3 is 0 Å². The fourth-order valence-electron chi connectivity index (χ4n) is 3.34. The molecule has 0 saturated carbocycles. The first-order chi connectivity index (χ1) is 11.6. The molecule has 24 heavy (non-hydrogen) atoms. The van der Waals surface area contributed by atoms with Crippen molar-refractivity contribution in [3.05, 3.63) is 58.6 Å². The molecule has 2 aliphatic heterocycles. The van der Waals surface area contributed by atoms with E-state index in [2.05, 4.69) is 16.2 Å². The van der Waals surface area contributed by atoms with Crippen LogP contribution < -0.4 is 20.9 Å². The van der Waals surface area contributed by atoms with Crippen molar-refractivity contribution >= 4 is 23.2 Å². The van der Waals surface area contributed by atoms with Crippen LogP contribution in [-0.4, -0.2) is 18.6 Å². The average molecular weight is 344 g/mol. The summed E-state index contributed by atoms with van der Waals surface area (Å²) in [5.41, 5.74) is 9.14. The number of ether oxygens (including phenoxy) is 1. The van der Waals surface area contributed by atoms with Crippen LogP contribution in [0.3, 0.4) is 0 Å². The lowest BCUT2D eigenvalue weighted by Crippen LogP contribution is -2.43. The van der Waals surface area contributed by atoms with Gasteiger partial charge in [-0.3, -0.25) is 4.79 Å². The van der Waals surface area contributed by atoms with Crippen LogP contribution in [0.2, 0.25) is 5.02 Å². The molecule has 2 aromatic carbocycles. The van der Waals surface area contributed by atoms with Gasteiger partial charge in [0.1, 0.15) is 11.8 Å². The first kappa shape index (κ1) is 15.4. The number of amides is 1. The number of fused-ring (bicyclic) bond motifs is 3. The second kappa shape index (κ2) is 6.09. The molecule has 3 unspecified atom stereocenters. The Hall–Kier alpha value is -2.08. The number of carbonyl (C=O) groups excluding carboxylic acids is 1. The SMILES string of the molecule is Cc1ccc(Cl)cc1NC(=O)C1NNC2c3ccccc3OCC12. The second-order valence-electron chi connectivity index (χ2n) is 6.21. The summed E-state index contributed by atoms with van der Waals surface area (Å²) in [7, 11) is 0. The predicted molar refractivity (Wildman–Crippen MR) is 93.0 cm³/mol. The highest BCUT2D eigenvalue weighted by Crippen LogP contribution is 2.39. The number of hydrazine groups is 1. The molecular weight excluding hydrogens is 326 g/mol. The van der Waals surface area contributed by atoms with Gasteiger partial charge in [0.2, 0.25) is 5.91 Å². The van der Waals surface area contributed by atoms with Gasteiger partial charge in [-0.05, 0) is 30.7 Å². The van der Waals surface area contributed by atoms with E-state index in [1.807, 2.05) is 43.3 Å². The van der Waals surface area contributed by atoms with Crippen molar-refractivity contribution in [3.8, 4) is 5.75 Å². The number of benzene rings is 2. The van der Waals surface area contributed by atoms with Gasteiger partial charge < -0.3 is 10.1 Å². The normalized spacial score (nSPS) is 24.7. The van der Waals surface area contributed by atoms with Crippen LogP contribution in [0.5, 0.6) is 5.75 Å². The third-order valence-corrected chi connectivity index (χ3v) is 4.91. The zero-order valence-electron chi connectivity index (χ0n) is 13.2. The number of hydrogen-bond acceptors (Lipinski definition) is 4. The Morgan fingerprint density at radius 2 is 2.08 bits per heavy atom. The molecule has 0 radical (unpaired) electrons. The minimum atomic E-state index is -0.373. The number of anilines is 1. The maximum atomic E-state index is 12.7. The van der Waals surface area contributed by atoms with Crippen molar-refractivity contribution in [1.82, 2.24) is 10.9 Å². The molecule has 2 aliphatic rings. The number of halogens is 1.